The van der Waals surface area contributed by atoms with E-state index in [0.717, 1.165) is 5.56 Å². The van der Waals surface area contributed by atoms with Crippen molar-refractivity contribution in [1.29, 1.82) is 0 Å². The van der Waals surface area contributed by atoms with Crippen LogP contribution < -0.4 is 16.0 Å². The Morgan fingerprint density at radius 1 is 0.929 bits per heavy atom. The van der Waals surface area contributed by atoms with Crippen molar-refractivity contribution in [3.05, 3.63) is 65.7 Å². The van der Waals surface area contributed by atoms with Gasteiger partial charge in [0.2, 0.25) is 5.91 Å². The molecule has 3 amide bonds. The van der Waals surface area contributed by atoms with Gasteiger partial charge in [-0.15, -0.1) is 0 Å². The molecule has 0 saturated carbocycles. The molecule has 2 aromatic rings. The van der Waals surface area contributed by atoms with Gasteiger partial charge in [0, 0.05) is 11.7 Å². The summed E-state index contributed by atoms with van der Waals surface area (Å²) < 4.78 is 0. The van der Waals surface area contributed by atoms with Crippen molar-refractivity contribution in [1.82, 2.24) is 10.6 Å². The third-order valence-corrected chi connectivity index (χ3v) is 4.57. The van der Waals surface area contributed by atoms with Crippen molar-refractivity contribution < 1.29 is 9.59 Å². The van der Waals surface area contributed by atoms with Gasteiger partial charge >= 0.3 is 6.03 Å². The summed E-state index contributed by atoms with van der Waals surface area (Å²) in [5.41, 5.74) is 3.14. The Hall–Kier alpha value is -2.66. The van der Waals surface area contributed by atoms with Gasteiger partial charge in [0.15, 0.2) is 0 Å². The molecule has 0 aliphatic carbocycles. The second-order valence-corrected chi connectivity index (χ2v) is 8.34. The van der Waals surface area contributed by atoms with Crippen LogP contribution in [0.4, 0.5) is 10.5 Å². The fraction of sp³-hybridized carbons (Fsp3) is 0.391. The van der Waals surface area contributed by atoms with Crippen molar-refractivity contribution in [2.45, 2.75) is 46.1 Å². The zero-order chi connectivity index (χ0) is 20.7. The molecule has 28 heavy (non-hydrogen) atoms. The number of carbonyl (C=O) groups is 2. The normalized spacial score (nSPS) is 12.5. The second-order valence-electron chi connectivity index (χ2n) is 8.34. The van der Waals surface area contributed by atoms with Gasteiger partial charge in [-0.3, -0.25) is 10.1 Å². The van der Waals surface area contributed by atoms with Crippen LogP contribution in [0, 0.1) is 5.92 Å². The Morgan fingerprint density at radius 2 is 1.54 bits per heavy atom. The summed E-state index contributed by atoms with van der Waals surface area (Å²) in [7, 11) is 0. The predicted molar refractivity (Wildman–Crippen MR) is 114 cm³/mol. The van der Waals surface area contributed by atoms with Crippen LogP contribution >= 0.6 is 0 Å². The third-order valence-electron chi connectivity index (χ3n) is 4.57. The van der Waals surface area contributed by atoms with Gasteiger partial charge in [0.25, 0.3) is 0 Å². The molecule has 5 nitrogen and oxygen atoms in total. The molecule has 0 spiro atoms. The highest BCUT2D eigenvalue weighted by molar-refractivity contribution is 6.01. The number of amides is 3. The summed E-state index contributed by atoms with van der Waals surface area (Å²) >= 11 is 0. The highest BCUT2D eigenvalue weighted by Crippen LogP contribution is 2.26. The summed E-state index contributed by atoms with van der Waals surface area (Å²) in [6.07, 6.45) is 0. The molecule has 0 aromatic heterocycles. The molecule has 1 atom stereocenters. The number of urea groups is 1. The van der Waals surface area contributed by atoms with Crippen LogP contribution in [0.3, 0.4) is 0 Å². The molecule has 0 radical (unpaired) electrons. The molecule has 0 aliphatic heterocycles. The first-order chi connectivity index (χ1) is 13.2. The van der Waals surface area contributed by atoms with Crippen LogP contribution in [0.25, 0.3) is 0 Å². The number of nitrogens with one attached hydrogen (secondary N) is 3. The first-order valence-corrected chi connectivity index (χ1v) is 9.66. The lowest BCUT2D eigenvalue weighted by molar-refractivity contribution is -0.119. The fourth-order valence-corrected chi connectivity index (χ4v) is 2.99. The third kappa shape index (κ3) is 6.50. The molecule has 0 heterocycles. The highest BCUT2D eigenvalue weighted by Gasteiger charge is 2.19. The first-order valence-electron chi connectivity index (χ1n) is 9.66. The Balaban J connectivity index is 1.92. The Labute approximate surface area is 167 Å². The number of carbonyl (C=O) groups excluding carboxylic acids is 2. The van der Waals surface area contributed by atoms with E-state index < -0.39 is 6.03 Å². The maximum absolute atomic E-state index is 12.2. The van der Waals surface area contributed by atoms with Gasteiger partial charge in [0.1, 0.15) is 0 Å². The van der Waals surface area contributed by atoms with Crippen LogP contribution in [0.5, 0.6) is 0 Å². The van der Waals surface area contributed by atoms with E-state index in [2.05, 4.69) is 74.8 Å². The summed E-state index contributed by atoms with van der Waals surface area (Å²) in [6, 6.07) is 17.0. The minimum atomic E-state index is -0.534. The van der Waals surface area contributed by atoms with E-state index in [1.54, 1.807) is 12.1 Å². The lowest BCUT2D eigenvalue weighted by atomic mass is 9.85. The number of anilines is 1. The number of hydrogen-bond donors (Lipinski definition) is 3. The first kappa shape index (κ1) is 21.6. The molecule has 0 fully saturated rings. The molecular formula is C23H31N3O2. The van der Waals surface area contributed by atoms with Gasteiger partial charge in [-0.1, -0.05) is 77.1 Å². The number of rotatable bonds is 6. The number of para-hydroxylation sites is 1. The topological polar surface area (TPSA) is 70.2 Å². The quantitative estimate of drug-likeness (QED) is 0.684. The van der Waals surface area contributed by atoms with Gasteiger partial charge in [-0.05, 0) is 34.6 Å². The molecule has 2 rings (SSSR count). The second kappa shape index (κ2) is 9.51. The molecule has 3 N–H and O–H groups in total. The lowest BCUT2D eigenvalue weighted by Gasteiger charge is -2.25. The van der Waals surface area contributed by atoms with Crippen LogP contribution in [0.2, 0.25) is 0 Å². The van der Waals surface area contributed by atoms with Crippen molar-refractivity contribution in [3.8, 4) is 0 Å². The van der Waals surface area contributed by atoms with E-state index in [0.29, 0.717) is 11.6 Å². The molecule has 0 bridgehead atoms. The van der Waals surface area contributed by atoms with E-state index in [-0.39, 0.29) is 23.9 Å². The van der Waals surface area contributed by atoms with Crippen LogP contribution in [-0.2, 0) is 10.2 Å². The van der Waals surface area contributed by atoms with E-state index in [1.165, 1.54) is 5.56 Å². The van der Waals surface area contributed by atoms with Crippen molar-refractivity contribution in [2.24, 2.45) is 5.92 Å². The van der Waals surface area contributed by atoms with Crippen molar-refractivity contribution in [2.75, 3.05) is 11.9 Å². The minimum absolute atomic E-state index is 0.0250. The average molecular weight is 382 g/mol. The Bertz CT molecular complexity index is 778. The van der Waals surface area contributed by atoms with Gasteiger partial charge < -0.3 is 10.6 Å². The standard InChI is InChI=1S/C23H31N3O2/c1-16(2)21(17-11-13-18(14-12-17)23(3,4)5)24-15-20(27)26-22(28)25-19-9-7-6-8-10-19/h6-14,16,21,24H,15H2,1-5H3,(H2,25,26,27,28). The van der Waals surface area contributed by atoms with Crippen molar-refractivity contribution in [3.63, 3.8) is 0 Å². The molecule has 0 aliphatic rings. The van der Waals surface area contributed by atoms with Gasteiger partial charge in [0.05, 0.1) is 6.54 Å². The predicted octanol–water partition coefficient (Wildman–Crippen LogP) is 4.62. The zero-order valence-corrected chi connectivity index (χ0v) is 17.4. The minimum Gasteiger partial charge on any atom is -0.308 e. The highest BCUT2D eigenvalue weighted by atomic mass is 16.2. The molecule has 0 saturated heterocycles. The van der Waals surface area contributed by atoms with E-state index in [1.807, 2.05) is 18.2 Å². The van der Waals surface area contributed by atoms with Crippen LogP contribution in [0.15, 0.2) is 54.6 Å². The summed E-state index contributed by atoms with van der Waals surface area (Å²) in [5.74, 6) is -0.0724. The smallest absolute Gasteiger partial charge is 0.308 e. The molecule has 150 valence electrons. The molecule has 5 heteroatoms. The lowest BCUT2D eigenvalue weighted by Crippen LogP contribution is -2.41. The van der Waals surface area contributed by atoms with E-state index in [4.69, 9.17) is 0 Å². The Morgan fingerprint density at radius 3 is 2.07 bits per heavy atom. The van der Waals surface area contributed by atoms with E-state index >= 15 is 0 Å². The van der Waals surface area contributed by atoms with Crippen molar-refractivity contribution >= 4 is 17.6 Å². The Kier molecular flexibility index (Phi) is 7.35. The maximum atomic E-state index is 12.2. The fourth-order valence-electron chi connectivity index (χ4n) is 2.99. The van der Waals surface area contributed by atoms with E-state index in [9.17, 15) is 9.59 Å². The summed E-state index contributed by atoms with van der Waals surface area (Å²) in [4.78, 5) is 24.1. The average Bonchev–Trinajstić information content (AvgIpc) is 2.62. The molecular weight excluding hydrogens is 350 g/mol. The number of imide groups is 1. The molecule has 2 aromatic carbocycles. The number of benzene rings is 2. The van der Waals surface area contributed by atoms with Crippen LogP contribution in [-0.4, -0.2) is 18.5 Å². The SMILES string of the molecule is CC(C)C(NCC(=O)NC(=O)Nc1ccccc1)c1ccc(C(C)(C)C)cc1. The number of hydrogen-bond acceptors (Lipinski definition) is 3. The summed E-state index contributed by atoms with van der Waals surface area (Å²) in [5, 5.41) is 8.26. The monoisotopic (exact) mass is 381 g/mol. The largest absolute Gasteiger partial charge is 0.325 e. The molecule has 1 unspecified atom stereocenters. The van der Waals surface area contributed by atoms with Gasteiger partial charge in [-0.25, -0.2) is 4.79 Å². The zero-order valence-electron chi connectivity index (χ0n) is 17.4. The maximum Gasteiger partial charge on any atom is 0.325 e. The van der Waals surface area contributed by atoms with Crippen LogP contribution in [0.1, 0.15) is 51.8 Å². The summed E-state index contributed by atoms with van der Waals surface area (Å²) in [6.45, 7) is 10.8. The van der Waals surface area contributed by atoms with Gasteiger partial charge in [-0.2, -0.15) is 0 Å².